The Morgan fingerprint density at radius 2 is 2.00 bits per heavy atom. The number of aliphatic hydroxyl groups is 1. The molecule has 0 aliphatic heterocycles. The molecule has 0 radical (unpaired) electrons. The van der Waals surface area contributed by atoms with E-state index in [9.17, 15) is 4.79 Å². The first-order valence-electron chi connectivity index (χ1n) is 5.67. The zero-order chi connectivity index (χ0) is 14.3. The Balaban J connectivity index is 2.46. The van der Waals surface area contributed by atoms with Crippen LogP contribution in [0.2, 0.25) is 0 Å². The van der Waals surface area contributed by atoms with Crippen LogP contribution in [0.5, 0.6) is 0 Å². The number of hydrogen-bond acceptors (Lipinski definition) is 3. The summed E-state index contributed by atoms with van der Waals surface area (Å²) in [4.78, 5) is 12.1. The van der Waals surface area contributed by atoms with Crippen molar-refractivity contribution < 1.29 is 9.90 Å². The molecule has 106 valence electrons. The van der Waals surface area contributed by atoms with E-state index < -0.39 is 0 Å². The van der Waals surface area contributed by atoms with Crippen molar-refractivity contribution in [3.63, 3.8) is 0 Å². The zero-order valence-corrected chi connectivity index (χ0v) is 17.4. The summed E-state index contributed by atoms with van der Waals surface area (Å²) < 4.78 is 3.18. The van der Waals surface area contributed by atoms with Gasteiger partial charge in [0.15, 0.2) is 0 Å². The minimum absolute atomic E-state index is 0.0106. The summed E-state index contributed by atoms with van der Waals surface area (Å²) in [5.41, 5.74) is 0.747. The third-order valence-corrected chi connectivity index (χ3v) is 6.95. The number of thioether (sulfide) groups is 1. The highest BCUT2D eigenvalue weighted by Crippen LogP contribution is 2.22. The smallest absolute Gasteiger partial charge is 0.252 e. The van der Waals surface area contributed by atoms with E-state index in [4.69, 9.17) is 5.11 Å². The van der Waals surface area contributed by atoms with E-state index in [1.165, 1.54) is 0 Å². The van der Waals surface area contributed by atoms with Crippen LogP contribution in [0.15, 0.2) is 12.1 Å². The summed E-state index contributed by atoms with van der Waals surface area (Å²) in [7, 11) is 0. The number of nitrogens with one attached hydrogen (secondary N) is 1. The van der Waals surface area contributed by atoms with Crippen molar-refractivity contribution in [1.82, 2.24) is 5.32 Å². The average molecular weight is 617 g/mol. The van der Waals surface area contributed by atoms with Gasteiger partial charge in [-0.15, -0.1) is 0 Å². The first kappa shape index (κ1) is 18.2. The van der Waals surface area contributed by atoms with Crippen molar-refractivity contribution >= 4 is 85.4 Å². The summed E-state index contributed by atoms with van der Waals surface area (Å²) in [6, 6.07) is 3.98. The maximum Gasteiger partial charge on any atom is 0.252 e. The fraction of sp³-hybridized carbons (Fsp3) is 0.417. The van der Waals surface area contributed by atoms with Crippen molar-refractivity contribution in [3.05, 3.63) is 28.4 Å². The van der Waals surface area contributed by atoms with Gasteiger partial charge in [-0.25, -0.2) is 0 Å². The molecule has 0 fully saturated rings. The molecule has 0 atom stereocenters. The maximum absolute atomic E-state index is 12.1. The lowest BCUT2D eigenvalue weighted by Crippen LogP contribution is -2.27. The molecule has 0 unspecified atom stereocenters. The lowest BCUT2D eigenvalue weighted by Gasteiger charge is -2.09. The van der Waals surface area contributed by atoms with Gasteiger partial charge in [0.05, 0.1) is 5.56 Å². The number of amides is 1. The Morgan fingerprint density at radius 1 is 1.26 bits per heavy atom. The zero-order valence-electron chi connectivity index (χ0n) is 10.1. The topological polar surface area (TPSA) is 49.3 Å². The molecule has 0 spiro atoms. The van der Waals surface area contributed by atoms with Crippen LogP contribution in [-0.4, -0.2) is 35.7 Å². The number of hydrogen-bond donors (Lipinski definition) is 2. The highest BCUT2D eigenvalue weighted by Gasteiger charge is 2.12. The normalized spacial score (nSPS) is 10.5. The van der Waals surface area contributed by atoms with Gasteiger partial charge in [-0.3, -0.25) is 4.79 Å². The Kier molecular flexibility index (Phi) is 9.61. The van der Waals surface area contributed by atoms with Gasteiger partial charge in [0, 0.05) is 29.6 Å². The molecule has 1 aromatic carbocycles. The fourth-order valence-electron chi connectivity index (χ4n) is 1.32. The summed E-state index contributed by atoms with van der Waals surface area (Å²) in [5.74, 6) is 1.80. The van der Waals surface area contributed by atoms with Crippen molar-refractivity contribution in [2.75, 3.05) is 24.7 Å². The van der Waals surface area contributed by atoms with Crippen LogP contribution in [0, 0.1) is 10.7 Å². The van der Waals surface area contributed by atoms with E-state index in [1.54, 1.807) is 11.8 Å². The molecule has 1 rings (SSSR count). The molecule has 7 heteroatoms. The Labute approximate surface area is 158 Å². The Morgan fingerprint density at radius 3 is 2.68 bits per heavy atom. The fourth-order valence-corrected chi connectivity index (χ4v) is 4.51. The van der Waals surface area contributed by atoms with Gasteiger partial charge in [0.25, 0.3) is 5.91 Å². The van der Waals surface area contributed by atoms with Crippen LogP contribution in [0.25, 0.3) is 0 Å². The van der Waals surface area contributed by atoms with E-state index in [2.05, 4.69) is 79.2 Å². The van der Waals surface area contributed by atoms with Crippen LogP contribution in [0.1, 0.15) is 16.8 Å². The van der Waals surface area contributed by atoms with E-state index in [1.807, 2.05) is 6.07 Å². The second-order valence-electron chi connectivity index (χ2n) is 3.69. The summed E-state index contributed by atoms with van der Waals surface area (Å²) in [6.07, 6.45) is 0.811. The van der Waals surface area contributed by atoms with E-state index in [-0.39, 0.29) is 12.5 Å². The third-order valence-electron chi connectivity index (χ3n) is 2.22. The van der Waals surface area contributed by atoms with Gasteiger partial charge in [-0.2, -0.15) is 11.8 Å². The quantitative estimate of drug-likeness (QED) is 0.281. The first-order valence-corrected chi connectivity index (χ1v) is 10.1. The van der Waals surface area contributed by atoms with Gasteiger partial charge < -0.3 is 10.4 Å². The lowest BCUT2D eigenvalue weighted by molar-refractivity contribution is 0.0955. The molecule has 0 aliphatic rings. The minimum Gasteiger partial charge on any atom is -0.396 e. The van der Waals surface area contributed by atoms with Gasteiger partial charge in [0.1, 0.15) is 0 Å². The van der Waals surface area contributed by atoms with Crippen LogP contribution in [0.3, 0.4) is 0 Å². The largest absolute Gasteiger partial charge is 0.396 e. The van der Waals surface area contributed by atoms with Crippen LogP contribution >= 0.6 is 79.5 Å². The lowest BCUT2D eigenvalue weighted by atomic mass is 10.2. The summed E-state index contributed by atoms with van der Waals surface area (Å²) >= 11 is 8.43. The molecule has 0 aromatic heterocycles. The van der Waals surface area contributed by atoms with Crippen LogP contribution < -0.4 is 5.32 Å². The SMILES string of the molecule is O=C(NCCSCCCO)c1cc(I)cc(I)c1I. The van der Waals surface area contributed by atoms with Crippen molar-refractivity contribution in [2.24, 2.45) is 0 Å². The molecule has 0 saturated heterocycles. The van der Waals surface area contributed by atoms with Crippen molar-refractivity contribution in [2.45, 2.75) is 6.42 Å². The van der Waals surface area contributed by atoms with Gasteiger partial charge in [0.2, 0.25) is 0 Å². The predicted molar refractivity (Wildman–Crippen MR) is 106 cm³/mol. The molecule has 3 nitrogen and oxygen atoms in total. The number of benzene rings is 1. The maximum atomic E-state index is 12.1. The Bertz CT molecular complexity index is 443. The molecule has 19 heavy (non-hydrogen) atoms. The van der Waals surface area contributed by atoms with Crippen molar-refractivity contribution in [1.29, 1.82) is 0 Å². The van der Waals surface area contributed by atoms with Crippen LogP contribution in [-0.2, 0) is 0 Å². The molecular weight excluding hydrogens is 603 g/mol. The van der Waals surface area contributed by atoms with Crippen molar-refractivity contribution in [3.8, 4) is 0 Å². The number of rotatable bonds is 7. The Hall–Kier alpha value is 1.19. The molecule has 0 heterocycles. The highest BCUT2D eigenvalue weighted by atomic mass is 127. The standard InChI is InChI=1S/C12H14I3NO2S/c13-8-6-9(11(15)10(14)7-8)12(18)16-2-5-19-4-1-3-17/h6-7,17H,1-5H2,(H,16,18). The molecule has 0 aliphatic carbocycles. The van der Waals surface area contributed by atoms with E-state index in [0.29, 0.717) is 6.54 Å². The van der Waals surface area contributed by atoms with E-state index >= 15 is 0 Å². The third kappa shape index (κ3) is 6.66. The summed E-state index contributed by atoms with van der Waals surface area (Å²) in [6.45, 7) is 0.894. The number of aliphatic hydroxyl groups excluding tert-OH is 1. The molecule has 2 N–H and O–H groups in total. The van der Waals surface area contributed by atoms with E-state index in [0.717, 1.165) is 34.2 Å². The first-order chi connectivity index (χ1) is 9.06. The van der Waals surface area contributed by atoms with Gasteiger partial charge in [-0.1, -0.05) is 0 Å². The second kappa shape index (κ2) is 10.0. The summed E-state index contributed by atoms with van der Waals surface area (Å²) in [5, 5.41) is 11.6. The number of carbonyl (C=O) groups excluding carboxylic acids is 1. The molecule has 1 amide bonds. The van der Waals surface area contributed by atoms with Gasteiger partial charge in [-0.05, 0) is 92.1 Å². The predicted octanol–water partition coefficient (Wildman–Crippen LogP) is 3.35. The average Bonchev–Trinajstić information content (AvgIpc) is 2.37. The second-order valence-corrected chi connectivity index (χ2v) is 8.41. The number of halogens is 3. The molecule has 1 aromatic rings. The molecular formula is C12H14I3NO2S. The number of carbonyl (C=O) groups is 1. The molecule has 0 bridgehead atoms. The van der Waals surface area contributed by atoms with Gasteiger partial charge >= 0.3 is 0 Å². The monoisotopic (exact) mass is 617 g/mol. The minimum atomic E-state index is -0.0106. The highest BCUT2D eigenvalue weighted by molar-refractivity contribution is 14.1. The van der Waals surface area contributed by atoms with Crippen LogP contribution in [0.4, 0.5) is 0 Å². The molecule has 0 saturated carbocycles.